The van der Waals surface area contributed by atoms with Gasteiger partial charge in [-0.3, -0.25) is 5.32 Å². The first-order valence-corrected chi connectivity index (χ1v) is 4.89. The number of ether oxygens (including phenoxy) is 3. The van der Waals surface area contributed by atoms with Crippen LogP contribution in [0.25, 0.3) is 0 Å². The molecular weight excluding hydrogens is 194 g/mol. The van der Waals surface area contributed by atoms with Crippen molar-refractivity contribution in [1.29, 1.82) is 0 Å². The first kappa shape index (κ1) is 10.3. The molecule has 1 heterocycles. The monoisotopic (exact) mass is 209 g/mol. The molecule has 1 aromatic rings. The van der Waals surface area contributed by atoms with Crippen LogP contribution in [0.3, 0.4) is 0 Å². The highest BCUT2D eigenvalue weighted by molar-refractivity contribution is 5.43. The van der Waals surface area contributed by atoms with Gasteiger partial charge < -0.3 is 14.2 Å². The third kappa shape index (κ3) is 2.06. The zero-order chi connectivity index (χ0) is 10.7. The summed E-state index contributed by atoms with van der Waals surface area (Å²) in [7, 11) is 3.26. The Kier molecular flexibility index (Phi) is 3.08. The highest BCUT2D eigenvalue weighted by Crippen LogP contribution is 2.31. The van der Waals surface area contributed by atoms with Crippen molar-refractivity contribution in [3.63, 3.8) is 0 Å². The average Bonchev–Trinajstić information content (AvgIpc) is 2.81. The fourth-order valence-corrected chi connectivity index (χ4v) is 1.68. The topological polar surface area (TPSA) is 39.7 Å². The van der Waals surface area contributed by atoms with Crippen LogP contribution in [0.4, 0.5) is 0 Å². The Morgan fingerprint density at radius 2 is 2.07 bits per heavy atom. The molecule has 4 nitrogen and oxygen atoms in total. The molecular formula is C11H15NO3. The SMILES string of the molecule is COc1ccc(C2CNCO2)cc1OC. The van der Waals surface area contributed by atoms with E-state index in [1.165, 1.54) is 0 Å². The third-order valence-corrected chi connectivity index (χ3v) is 2.50. The van der Waals surface area contributed by atoms with E-state index < -0.39 is 0 Å². The van der Waals surface area contributed by atoms with Crippen LogP contribution in [0.2, 0.25) is 0 Å². The molecule has 1 aliphatic rings. The summed E-state index contributed by atoms with van der Waals surface area (Å²) in [6.45, 7) is 1.45. The van der Waals surface area contributed by atoms with E-state index >= 15 is 0 Å². The molecule has 0 aliphatic carbocycles. The molecule has 1 unspecified atom stereocenters. The number of nitrogens with one attached hydrogen (secondary N) is 1. The fourth-order valence-electron chi connectivity index (χ4n) is 1.68. The van der Waals surface area contributed by atoms with E-state index in [0.29, 0.717) is 6.73 Å². The van der Waals surface area contributed by atoms with Crippen molar-refractivity contribution in [2.75, 3.05) is 27.5 Å². The summed E-state index contributed by atoms with van der Waals surface area (Å²) in [6.07, 6.45) is 0.116. The van der Waals surface area contributed by atoms with E-state index in [2.05, 4.69) is 5.32 Å². The van der Waals surface area contributed by atoms with E-state index in [0.717, 1.165) is 23.6 Å². The van der Waals surface area contributed by atoms with Crippen molar-refractivity contribution >= 4 is 0 Å². The van der Waals surface area contributed by atoms with Crippen LogP contribution in [-0.4, -0.2) is 27.5 Å². The Bertz CT molecular complexity index is 335. The maximum Gasteiger partial charge on any atom is 0.161 e. The predicted molar refractivity (Wildman–Crippen MR) is 56.2 cm³/mol. The summed E-state index contributed by atoms with van der Waals surface area (Å²) < 4.78 is 15.9. The Morgan fingerprint density at radius 3 is 2.67 bits per heavy atom. The summed E-state index contributed by atoms with van der Waals surface area (Å²) in [6, 6.07) is 5.85. The summed E-state index contributed by atoms with van der Waals surface area (Å²) in [5.74, 6) is 1.48. The molecule has 1 fully saturated rings. The van der Waals surface area contributed by atoms with Crippen LogP contribution in [0.15, 0.2) is 18.2 Å². The molecule has 0 bridgehead atoms. The maximum absolute atomic E-state index is 5.50. The highest BCUT2D eigenvalue weighted by atomic mass is 16.5. The lowest BCUT2D eigenvalue weighted by Crippen LogP contribution is -2.08. The molecule has 1 saturated heterocycles. The van der Waals surface area contributed by atoms with E-state index in [-0.39, 0.29) is 6.10 Å². The first-order valence-electron chi connectivity index (χ1n) is 4.89. The van der Waals surface area contributed by atoms with Crippen molar-refractivity contribution in [2.24, 2.45) is 0 Å². The van der Waals surface area contributed by atoms with Crippen LogP contribution < -0.4 is 14.8 Å². The van der Waals surface area contributed by atoms with Gasteiger partial charge in [0.05, 0.1) is 27.1 Å². The Balaban J connectivity index is 2.25. The Hall–Kier alpha value is -1.26. The van der Waals surface area contributed by atoms with Crippen LogP contribution in [0, 0.1) is 0 Å². The second-order valence-electron chi connectivity index (χ2n) is 3.37. The van der Waals surface area contributed by atoms with Gasteiger partial charge in [0.1, 0.15) is 0 Å². The smallest absolute Gasteiger partial charge is 0.161 e. The number of rotatable bonds is 3. The quantitative estimate of drug-likeness (QED) is 0.815. The van der Waals surface area contributed by atoms with Gasteiger partial charge in [0, 0.05) is 6.54 Å². The van der Waals surface area contributed by atoms with Crippen molar-refractivity contribution in [3.8, 4) is 11.5 Å². The van der Waals surface area contributed by atoms with Crippen LogP contribution in [-0.2, 0) is 4.74 Å². The van der Waals surface area contributed by atoms with Crippen molar-refractivity contribution in [2.45, 2.75) is 6.10 Å². The first-order chi connectivity index (χ1) is 7.35. The molecule has 0 aromatic heterocycles. The molecule has 1 aromatic carbocycles. The zero-order valence-corrected chi connectivity index (χ0v) is 8.95. The Labute approximate surface area is 89.1 Å². The molecule has 1 atom stereocenters. The van der Waals surface area contributed by atoms with Gasteiger partial charge in [-0.05, 0) is 17.7 Å². The summed E-state index contributed by atoms with van der Waals surface area (Å²) in [5, 5.41) is 3.14. The van der Waals surface area contributed by atoms with Crippen molar-refractivity contribution in [3.05, 3.63) is 23.8 Å². The van der Waals surface area contributed by atoms with Crippen LogP contribution in [0.5, 0.6) is 11.5 Å². The standard InChI is InChI=1S/C11H15NO3/c1-13-9-4-3-8(5-10(9)14-2)11-6-12-7-15-11/h3-5,11-12H,6-7H2,1-2H3. The van der Waals surface area contributed by atoms with E-state index in [1.807, 2.05) is 18.2 Å². The number of hydrogen-bond acceptors (Lipinski definition) is 4. The van der Waals surface area contributed by atoms with Crippen molar-refractivity contribution in [1.82, 2.24) is 5.32 Å². The van der Waals surface area contributed by atoms with Crippen LogP contribution in [0.1, 0.15) is 11.7 Å². The predicted octanol–water partition coefficient (Wildman–Crippen LogP) is 1.32. The molecule has 15 heavy (non-hydrogen) atoms. The van der Waals surface area contributed by atoms with Gasteiger partial charge in [-0.25, -0.2) is 0 Å². The van der Waals surface area contributed by atoms with Gasteiger partial charge >= 0.3 is 0 Å². The van der Waals surface area contributed by atoms with E-state index in [1.54, 1.807) is 14.2 Å². The second kappa shape index (κ2) is 4.51. The lowest BCUT2D eigenvalue weighted by Gasteiger charge is -2.12. The van der Waals surface area contributed by atoms with Gasteiger partial charge in [-0.15, -0.1) is 0 Å². The highest BCUT2D eigenvalue weighted by Gasteiger charge is 2.18. The van der Waals surface area contributed by atoms with Crippen molar-refractivity contribution < 1.29 is 14.2 Å². The second-order valence-corrected chi connectivity index (χ2v) is 3.37. The van der Waals surface area contributed by atoms with Gasteiger partial charge in [0.2, 0.25) is 0 Å². The minimum atomic E-state index is 0.116. The summed E-state index contributed by atoms with van der Waals surface area (Å²) in [5.41, 5.74) is 1.11. The minimum Gasteiger partial charge on any atom is -0.493 e. The fraction of sp³-hybridized carbons (Fsp3) is 0.455. The minimum absolute atomic E-state index is 0.116. The van der Waals surface area contributed by atoms with Gasteiger partial charge in [-0.1, -0.05) is 6.07 Å². The Morgan fingerprint density at radius 1 is 1.27 bits per heavy atom. The van der Waals surface area contributed by atoms with E-state index in [4.69, 9.17) is 14.2 Å². The third-order valence-electron chi connectivity index (χ3n) is 2.50. The molecule has 0 saturated carbocycles. The molecule has 4 heteroatoms. The van der Waals surface area contributed by atoms with Gasteiger partial charge in [0.25, 0.3) is 0 Å². The molecule has 1 aliphatic heterocycles. The maximum atomic E-state index is 5.50. The molecule has 0 amide bonds. The molecule has 1 N–H and O–H groups in total. The number of methoxy groups -OCH3 is 2. The lowest BCUT2D eigenvalue weighted by molar-refractivity contribution is 0.114. The zero-order valence-electron chi connectivity index (χ0n) is 8.95. The average molecular weight is 209 g/mol. The molecule has 0 spiro atoms. The molecule has 2 rings (SSSR count). The number of hydrogen-bond donors (Lipinski definition) is 1. The normalized spacial score (nSPS) is 20.3. The summed E-state index contributed by atoms with van der Waals surface area (Å²) >= 11 is 0. The van der Waals surface area contributed by atoms with Gasteiger partial charge in [0.15, 0.2) is 11.5 Å². The van der Waals surface area contributed by atoms with Gasteiger partial charge in [-0.2, -0.15) is 0 Å². The number of benzene rings is 1. The largest absolute Gasteiger partial charge is 0.493 e. The molecule has 82 valence electrons. The lowest BCUT2D eigenvalue weighted by atomic mass is 10.1. The molecule has 0 radical (unpaired) electrons. The summed E-state index contributed by atoms with van der Waals surface area (Å²) in [4.78, 5) is 0. The van der Waals surface area contributed by atoms with E-state index in [9.17, 15) is 0 Å². The van der Waals surface area contributed by atoms with Crippen LogP contribution >= 0.6 is 0 Å².